The fourth-order valence-corrected chi connectivity index (χ4v) is 2.49. The van der Waals surface area contributed by atoms with Crippen LogP contribution in [-0.4, -0.2) is 34.0 Å². The normalized spacial score (nSPS) is 20.7. The SMILES string of the molecule is CNC(c1cc(OC)ccc1OC)C1CCCO1. The second kappa shape index (κ2) is 6.07. The Balaban J connectivity index is 2.32. The van der Waals surface area contributed by atoms with Crippen molar-refractivity contribution >= 4 is 0 Å². The third kappa shape index (κ3) is 2.60. The molecule has 1 aliphatic heterocycles. The summed E-state index contributed by atoms with van der Waals surface area (Å²) in [6.45, 7) is 0.842. The smallest absolute Gasteiger partial charge is 0.124 e. The highest BCUT2D eigenvalue weighted by Gasteiger charge is 2.28. The number of ether oxygens (including phenoxy) is 3. The number of hydrogen-bond donors (Lipinski definition) is 1. The Hall–Kier alpha value is -1.26. The lowest BCUT2D eigenvalue weighted by molar-refractivity contribution is 0.0799. The maximum Gasteiger partial charge on any atom is 0.124 e. The van der Waals surface area contributed by atoms with E-state index in [4.69, 9.17) is 14.2 Å². The standard InChI is InChI=1S/C14H21NO3/c1-15-14(13-5-4-8-18-13)11-9-10(16-2)6-7-12(11)17-3/h6-7,9,13-15H,4-5,8H2,1-3H3. The molecule has 100 valence electrons. The monoisotopic (exact) mass is 251 g/mol. The van der Waals surface area contributed by atoms with Crippen molar-refractivity contribution in [2.24, 2.45) is 0 Å². The molecule has 1 heterocycles. The van der Waals surface area contributed by atoms with Crippen LogP contribution in [0.25, 0.3) is 0 Å². The van der Waals surface area contributed by atoms with Crippen LogP contribution in [0, 0.1) is 0 Å². The van der Waals surface area contributed by atoms with Crippen LogP contribution in [-0.2, 0) is 4.74 Å². The Labute approximate surface area is 108 Å². The minimum absolute atomic E-state index is 0.137. The Kier molecular flexibility index (Phi) is 4.44. The number of hydrogen-bond acceptors (Lipinski definition) is 4. The molecule has 1 aromatic carbocycles. The molecule has 0 radical (unpaired) electrons. The largest absolute Gasteiger partial charge is 0.497 e. The third-order valence-electron chi connectivity index (χ3n) is 3.42. The fraction of sp³-hybridized carbons (Fsp3) is 0.571. The van der Waals surface area contributed by atoms with Crippen molar-refractivity contribution in [2.45, 2.75) is 25.0 Å². The summed E-state index contributed by atoms with van der Waals surface area (Å²) in [5, 5.41) is 3.33. The van der Waals surface area contributed by atoms with E-state index in [0.717, 1.165) is 36.5 Å². The van der Waals surface area contributed by atoms with Gasteiger partial charge in [-0.3, -0.25) is 0 Å². The third-order valence-corrected chi connectivity index (χ3v) is 3.42. The first-order valence-corrected chi connectivity index (χ1v) is 6.31. The molecule has 1 aromatic rings. The van der Waals surface area contributed by atoms with Crippen molar-refractivity contribution in [1.82, 2.24) is 5.32 Å². The lowest BCUT2D eigenvalue weighted by atomic mass is 9.98. The highest BCUT2D eigenvalue weighted by atomic mass is 16.5. The first kappa shape index (κ1) is 13.2. The van der Waals surface area contributed by atoms with E-state index >= 15 is 0 Å². The lowest BCUT2D eigenvalue weighted by Gasteiger charge is -2.25. The quantitative estimate of drug-likeness (QED) is 0.870. The Morgan fingerprint density at radius 3 is 2.72 bits per heavy atom. The number of likely N-dealkylation sites (N-methyl/N-ethyl adjacent to an activating group) is 1. The van der Waals surface area contributed by atoms with Crippen LogP contribution in [0.15, 0.2) is 18.2 Å². The van der Waals surface area contributed by atoms with E-state index in [0.29, 0.717) is 0 Å². The van der Waals surface area contributed by atoms with Crippen LogP contribution in [0.5, 0.6) is 11.5 Å². The minimum atomic E-state index is 0.137. The molecule has 1 N–H and O–H groups in total. The summed E-state index contributed by atoms with van der Waals surface area (Å²) in [4.78, 5) is 0. The molecule has 18 heavy (non-hydrogen) atoms. The van der Waals surface area contributed by atoms with E-state index in [-0.39, 0.29) is 12.1 Å². The van der Waals surface area contributed by atoms with Gasteiger partial charge in [0.25, 0.3) is 0 Å². The van der Waals surface area contributed by atoms with Gasteiger partial charge in [-0.15, -0.1) is 0 Å². The summed E-state index contributed by atoms with van der Waals surface area (Å²) < 4.78 is 16.5. The molecule has 1 saturated heterocycles. The predicted octanol–water partition coefficient (Wildman–Crippen LogP) is 2.14. The van der Waals surface area contributed by atoms with Gasteiger partial charge in [-0.1, -0.05) is 0 Å². The summed E-state index contributed by atoms with van der Waals surface area (Å²) >= 11 is 0. The average Bonchev–Trinajstić information content (AvgIpc) is 2.93. The Morgan fingerprint density at radius 2 is 2.17 bits per heavy atom. The summed E-state index contributed by atoms with van der Waals surface area (Å²) in [7, 11) is 5.31. The van der Waals surface area contributed by atoms with Crippen molar-refractivity contribution in [3.63, 3.8) is 0 Å². The molecule has 0 amide bonds. The summed E-state index contributed by atoms with van der Waals surface area (Å²) in [5.74, 6) is 1.70. The first-order chi connectivity index (χ1) is 8.80. The van der Waals surface area contributed by atoms with E-state index < -0.39 is 0 Å². The highest BCUT2D eigenvalue weighted by molar-refractivity contribution is 5.42. The van der Waals surface area contributed by atoms with Crippen LogP contribution in [0.4, 0.5) is 0 Å². The van der Waals surface area contributed by atoms with Gasteiger partial charge in [0.2, 0.25) is 0 Å². The van der Waals surface area contributed by atoms with Gasteiger partial charge >= 0.3 is 0 Å². The van der Waals surface area contributed by atoms with Crippen molar-refractivity contribution in [1.29, 1.82) is 0 Å². The highest BCUT2D eigenvalue weighted by Crippen LogP contribution is 2.34. The van der Waals surface area contributed by atoms with Crippen molar-refractivity contribution in [2.75, 3.05) is 27.9 Å². The lowest BCUT2D eigenvalue weighted by Crippen LogP contribution is -2.29. The molecule has 2 atom stereocenters. The Morgan fingerprint density at radius 1 is 1.33 bits per heavy atom. The predicted molar refractivity (Wildman–Crippen MR) is 70.3 cm³/mol. The van der Waals surface area contributed by atoms with Gasteiger partial charge in [-0.25, -0.2) is 0 Å². The molecule has 0 spiro atoms. The van der Waals surface area contributed by atoms with Crippen molar-refractivity contribution in [3.05, 3.63) is 23.8 Å². The average molecular weight is 251 g/mol. The molecule has 4 nitrogen and oxygen atoms in total. The van der Waals surface area contributed by atoms with E-state index in [2.05, 4.69) is 5.32 Å². The van der Waals surface area contributed by atoms with E-state index in [1.165, 1.54) is 0 Å². The minimum Gasteiger partial charge on any atom is -0.497 e. The molecule has 0 saturated carbocycles. The van der Waals surface area contributed by atoms with Gasteiger partial charge in [0.1, 0.15) is 11.5 Å². The molecule has 1 aliphatic rings. The van der Waals surface area contributed by atoms with Gasteiger partial charge in [-0.05, 0) is 38.1 Å². The molecular formula is C14H21NO3. The number of benzene rings is 1. The number of methoxy groups -OCH3 is 2. The van der Waals surface area contributed by atoms with Crippen LogP contribution in [0.1, 0.15) is 24.4 Å². The zero-order valence-corrected chi connectivity index (χ0v) is 11.2. The van der Waals surface area contributed by atoms with E-state index in [1.807, 2.05) is 25.2 Å². The number of rotatable bonds is 5. The van der Waals surface area contributed by atoms with Gasteiger partial charge < -0.3 is 19.5 Å². The number of nitrogens with one attached hydrogen (secondary N) is 1. The van der Waals surface area contributed by atoms with E-state index in [1.54, 1.807) is 14.2 Å². The van der Waals surface area contributed by atoms with Crippen LogP contribution < -0.4 is 14.8 Å². The van der Waals surface area contributed by atoms with Gasteiger partial charge in [-0.2, -0.15) is 0 Å². The van der Waals surface area contributed by atoms with E-state index in [9.17, 15) is 0 Å². The summed E-state index contributed by atoms with van der Waals surface area (Å²) in [5.41, 5.74) is 1.09. The molecule has 0 aliphatic carbocycles. The van der Waals surface area contributed by atoms with Crippen molar-refractivity contribution in [3.8, 4) is 11.5 Å². The summed E-state index contributed by atoms with van der Waals surface area (Å²) in [6, 6.07) is 6.00. The van der Waals surface area contributed by atoms with Gasteiger partial charge in [0.05, 0.1) is 26.4 Å². The summed E-state index contributed by atoms with van der Waals surface area (Å²) in [6.07, 6.45) is 2.40. The van der Waals surface area contributed by atoms with Crippen LogP contribution >= 0.6 is 0 Å². The molecule has 2 rings (SSSR count). The first-order valence-electron chi connectivity index (χ1n) is 6.31. The maximum atomic E-state index is 5.77. The van der Waals surface area contributed by atoms with Gasteiger partial charge in [0, 0.05) is 12.2 Å². The molecule has 0 bridgehead atoms. The fourth-order valence-electron chi connectivity index (χ4n) is 2.49. The molecule has 2 unspecified atom stereocenters. The zero-order valence-electron chi connectivity index (χ0n) is 11.2. The second-order valence-electron chi connectivity index (χ2n) is 4.43. The van der Waals surface area contributed by atoms with Crippen LogP contribution in [0.2, 0.25) is 0 Å². The van der Waals surface area contributed by atoms with Gasteiger partial charge in [0.15, 0.2) is 0 Å². The topological polar surface area (TPSA) is 39.7 Å². The van der Waals surface area contributed by atoms with Crippen molar-refractivity contribution < 1.29 is 14.2 Å². The molecular weight excluding hydrogens is 230 g/mol. The second-order valence-corrected chi connectivity index (χ2v) is 4.43. The molecule has 1 fully saturated rings. The zero-order chi connectivity index (χ0) is 13.0. The molecule has 4 heteroatoms. The van der Waals surface area contributed by atoms with Crippen LogP contribution in [0.3, 0.4) is 0 Å². The maximum absolute atomic E-state index is 5.77. The Bertz CT molecular complexity index is 389. The molecule has 0 aromatic heterocycles.